The van der Waals surface area contributed by atoms with Crippen molar-refractivity contribution >= 4 is 16.7 Å². The molecule has 0 aliphatic heterocycles. The maximum Gasteiger partial charge on any atom is 0.252 e. The summed E-state index contributed by atoms with van der Waals surface area (Å²) < 4.78 is 0. The zero-order valence-electron chi connectivity index (χ0n) is 12.3. The number of carbonyl (C=O) groups is 1. The second-order valence-corrected chi connectivity index (χ2v) is 6.03. The molecule has 1 aliphatic rings. The van der Waals surface area contributed by atoms with Crippen molar-refractivity contribution < 1.29 is 4.79 Å². The van der Waals surface area contributed by atoms with Gasteiger partial charge in [-0.25, -0.2) is 0 Å². The lowest BCUT2D eigenvalue weighted by atomic mass is 9.81. The number of benzene rings is 2. The van der Waals surface area contributed by atoms with Crippen LogP contribution in [-0.4, -0.2) is 18.0 Å². The number of rotatable bonds is 3. The summed E-state index contributed by atoms with van der Waals surface area (Å²) >= 11 is 0. The Morgan fingerprint density at radius 2 is 1.76 bits per heavy atom. The van der Waals surface area contributed by atoms with Gasteiger partial charge in [-0.15, -0.1) is 0 Å². The van der Waals surface area contributed by atoms with Crippen molar-refractivity contribution in [1.29, 1.82) is 0 Å². The molecule has 0 heterocycles. The van der Waals surface area contributed by atoms with E-state index in [2.05, 4.69) is 5.32 Å². The van der Waals surface area contributed by atoms with E-state index in [0.717, 1.165) is 42.0 Å². The Balaban J connectivity index is 1.90. The van der Waals surface area contributed by atoms with Crippen molar-refractivity contribution in [2.45, 2.75) is 37.6 Å². The molecule has 2 aromatic rings. The van der Waals surface area contributed by atoms with Crippen molar-refractivity contribution in [2.75, 3.05) is 6.54 Å². The molecule has 0 bridgehead atoms. The van der Waals surface area contributed by atoms with Crippen LogP contribution in [0.25, 0.3) is 10.8 Å². The number of hydrogen-bond donors (Lipinski definition) is 2. The average molecular weight is 282 g/mol. The highest BCUT2D eigenvalue weighted by molar-refractivity contribution is 6.07. The molecule has 3 nitrogen and oxygen atoms in total. The van der Waals surface area contributed by atoms with E-state index in [4.69, 9.17) is 5.73 Å². The molecule has 0 saturated heterocycles. The lowest BCUT2D eigenvalue weighted by Gasteiger charge is -2.37. The molecule has 3 N–H and O–H groups in total. The summed E-state index contributed by atoms with van der Waals surface area (Å²) in [5.41, 5.74) is 6.49. The predicted molar refractivity (Wildman–Crippen MR) is 86.3 cm³/mol. The molecule has 110 valence electrons. The minimum absolute atomic E-state index is 0.000787. The third kappa shape index (κ3) is 2.79. The predicted octanol–water partition coefficient (Wildman–Crippen LogP) is 3.23. The summed E-state index contributed by atoms with van der Waals surface area (Å²) in [7, 11) is 0. The summed E-state index contributed by atoms with van der Waals surface area (Å²) in [5, 5.41) is 5.32. The number of nitrogens with one attached hydrogen (secondary N) is 1. The maximum atomic E-state index is 12.7. The van der Waals surface area contributed by atoms with Gasteiger partial charge >= 0.3 is 0 Å². The van der Waals surface area contributed by atoms with Gasteiger partial charge in [0.1, 0.15) is 0 Å². The van der Waals surface area contributed by atoms with E-state index in [1.54, 1.807) is 0 Å². The Bertz CT molecular complexity index is 639. The highest BCUT2D eigenvalue weighted by Gasteiger charge is 2.32. The van der Waals surface area contributed by atoms with E-state index in [-0.39, 0.29) is 11.4 Å². The first-order valence-corrected chi connectivity index (χ1v) is 7.74. The van der Waals surface area contributed by atoms with Crippen molar-refractivity contribution in [1.82, 2.24) is 5.32 Å². The minimum atomic E-state index is -0.216. The van der Waals surface area contributed by atoms with Crippen LogP contribution in [0.1, 0.15) is 42.5 Å². The Morgan fingerprint density at radius 1 is 1.05 bits per heavy atom. The molecule has 0 radical (unpaired) electrons. The molecule has 1 aliphatic carbocycles. The fourth-order valence-electron chi connectivity index (χ4n) is 3.34. The van der Waals surface area contributed by atoms with Gasteiger partial charge in [0.25, 0.3) is 5.91 Å². The lowest BCUT2D eigenvalue weighted by molar-refractivity contribution is 0.0876. The molecule has 0 spiro atoms. The van der Waals surface area contributed by atoms with Gasteiger partial charge in [0.2, 0.25) is 0 Å². The molecule has 3 rings (SSSR count). The number of carbonyl (C=O) groups excluding carboxylic acids is 1. The van der Waals surface area contributed by atoms with Crippen LogP contribution in [0.3, 0.4) is 0 Å². The van der Waals surface area contributed by atoms with Gasteiger partial charge in [-0.3, -0.25) is 4.79 Å². The first-order chi connectivity index (χ1) is 10.2. The second kappa shape index (κ2) is 5.86. The van der Waals surface area contributed by atoms with Crippen molar-refractivity contribution in [3.8, 4) is 0 Å². The Labute approximate surface area is 125 Å². The fourth-order valence-corrected chi connectivity index (χ4v) is 3.34. The van der Waals surface area contributed by atoms with Crippen LogP contribution in [0, 0.1) is 0 Å². The molecular formula is C18H22N2O. The molecule has 21 heavy (non-hydrogen) atoms. The fraction of sp³-hybridized carbons (Fsp3) is 0.389. The van der Waals surface area contributed by atoms with E-state index in [1.807, 2.05) is 42.5 Å². The summed E-state index contributed by atoms with van der Waals surface area (Å²) in [6, 6.07) is 13.9. The van der Waals surface area contributed by atoms with Gasteiger partial charge in [-0.05, 0) is 29.7 Å². The normalized spacial score (nSPS) is 17.6. The van der Waals surface area contributed by atoms with E-state index < -0.39 is 0 Å². The molecule has 1 saturated carbocycles. The number of fused-ring (bicyclic) bond motifs is 1. The summed E-state index contributed by atoms with van der Waals surface area (Å²) in [6.07, 6.45) is 5.51. The third-order valence-electron chi connectivity index (χ3n) is 4.61. The van der Waals surface area contributed by atoms with Gasteiger partial charge in [-0.2, -0.15) is 0 Å². The number of nitrogens with two attached hydrogens (primary N) is 1. The molecule has 0 aromatic heterocycles. The van der Waals surface area contributed by atoms with Gasteiger partial charge < -0.3 is 11.1 Å². The van der Waals surface area contributed by atoms with Gasteiger partial charge in [0.15, 0.2) is 0 Å². The van der Waals surface area contributed by atoms with Crippen molar-refractivity contribution in [3.05, 3.63) is 48.0 Å². The Kier molecular flexibility index (Phi) is 3.93. The lowest BCUT2D eigenvalue weighted by Crippen LogP contribution is -2.54. The van der Waals surface area contributed by atoms with E-state index in [9.17, 15) is 4.79 Å². The highest BCUT2D eigenvalue weighted by atomic mass is 16.1. The van der Waals surface area contributed by atoms with Crippen LogP contribution in [0.4, 0.5) is 0 Å². The molecule has 0 atom stereocenters. The van der Waals surface area contributed by atoms with Gasteiger partial charge in [0.05, 0.1) is 5.54 Å². The molecule has 0 unspecified atom stereocenters. The third-order valence-corrected chi connectivity index (χ3v) is 4.61. The topological polar surface area (TPSA) is 55.1 Å². The van der Waals surface area contributed by atoms with E-state index in [0.29, 0.717) is 6.54 Å². The number of hydrogen-bond acceptors (Lipinski definition) is 2. The first-order valence-electron chi connectivity index (χ1n) is 7.74. The Hall–Kier alpha value is -1.87. The smallest absolute Gasteiger partial charge is 0.252 e. The van der Waals surface area contributed by atoms with Crippen LogP contribution in [-0.2, 0) is 0 Å². The monoisotopic (exact) mass is 282 g/mol. The van der Waals surface area contributed by atoms with Crippen LogP contribution in [0.5, 0.6) is 0 Å². The Morgan fingerprint density at radius 3 is 2.52 bits per heavy atom. The summed E-state index contributed by atoms with van der Waals surface area (Å²) in [4.78, 5) is 12.7. The highest BCUT2D eigenvalue weighted by Crippen LogP contribution is 2.28. The van der Waals surface area contributed by atoms with Crippen LogP contribution >= 0.6 is 0 Å². The summed E-state index contributed by atoms with van der Waals surface area (Å²) in [6.45, 7) is 0.517. The van der Waals surface area contributed by atoms with Crippen LogP contribution in [0.2, 0.25) is 0 Å². The standard InChI is InChI=1S/C18H22N2O/c19-13-18(11-4-1-5-12-18)20-17(21)16-10-6-8-14-7-2-3-9-15(14)16/h2-3,6-10H,1,4-5,11-13,19H2,(H,20,21). The SMILES string of the molecule is NCC1(NC(=O)c2cccc3ccccc23)CCCCC1. The molecule has 1 amide bonds. The molecule has 3 heteroatoms. The van der Waals surface area contributed by atoms with E-state index in [1.165, 1.54) is 6.42 Å². The average Bonchev–Trinajstić information content (AvgIpc) is 2.55. The van der Waals surface area contributed by atoms with Crippen LogP contribution < -0.4 is 11.1 Å². The van der Waals surface area contributed by atoms with E-state index >= 15 is 0 Å². The second-order valence-electron chi connectivity index (χ2n) is 6.03. The zero-order valence-corrected chi connectivity index (χ0v) is 12.3. The quantitative estimate of drug-likeness (QED) is 0.908. The summed E-state index contributed by atoms with van der Waals surface area (Å²) in [5.74, 6) is -0.000787. The van der Waals surface area contributed by atoms with Crippen LogP contribution in [0.15, 0.2) is 42.5 Å². The number of amides is 1. The molecular weight excluding hydrogens is 260 g/mol. The minimum Gasteiger partial charge on any atom is -0.345 e. The van der Waals surface area contributed by atoms with Gasteiger partial charge in [-0.1, -0.05) is 55.7 Å². The maximum absolute atomic E-state index is 12.7. The van der Waals surface area contributed by atoms with Gasteiger partial charge in [0, 0.05) is 12.1 Å². The molecule has 1 fully saturated rings. The molecule has 2 aromatic carbocycles. The first kappa shape index (κ1) is 14.1. The van der Waals surface area contributed by atoms with Crippen molar-refractivity contribution in [3.63, 3.8) is 0 Å². The zero-order chi connectivity index (χ0) is 14.7. The van der Waals surface area contributed by atoms with Crippen molar-refractivity contribution in [2.24, 2.45) is 5.73 Å². The largest absolute Gasteiger partial charge is 0.345 e.